The van der Waals surface area contributed by atoms with Gasteiger partial charge in [0.2, 0.25) is 0 Å². The minimum absolute atomic E-state index is 0.0756. The molecule has 2 rings (SSSR count). The first-order valence-electron chi connectivity index (χ1n) is 5.84. The van der Waals surface area contributed by atoms with Crippen molar-refractivity contribution in [1.29, 1.82) is 5.26 Å². The van der Waals surface area contributed by atoms with Gasteiger partial charge in [0.25, 0.3) is 0 Å². The van der Waals surface area contributed by atoms with Gasteiger partial charge in [-0.05, 0) is 26.0 Å². The first-order valence-corrected chi connectivity index (χ1v) is 5.84. The minimum atomic E-state index is -0.443. The van der Waals surface area contributed by atoms with E-state index in [0.29, 0.717) is 28.2 Å². The van der Waals surface area contributed by atoms with E-state index in [4.69, 9.17) is 14.4 Å². The second-order valence-electron chi connectivity index (χ2n) is 4.17. The van der Waals surface area contributed by atoms with Crippen LogP contribution in [0.5, 0.6) is 0 Å². The predicted octanol–water partition coefficient (Wildman–Crippen LogP) is 3.13. The lowest BCUT2D eigenvalue weighted by Gasteiger charge is -2.05. The summed E-state index contributed by atoms with van der Waals surface area (Å²) in [5, 5.41) is 8.94. The maximum Gasteiger partial charge on any atom is 0.342 e. The molecule has 0 N–H and O–H groups in total. The monoisotopic (exact) mass is 255 g/mol. The molecule has 0 atom stereocenters. The van der Waals surface area contributed by atoms with Crippen molar-refractivity contribution < 1.29 is 13.9 Å². The molecular formula is C15H13NO3. The van der Waals surface area contributed by atoms with Gasteiger partial charge in [0.05, 0.1) is 11.6 Å². The van der Waals surface area contributed by atoms with E-state index in [9.17, 15) is 4.79 Å². The number of aryl methyl sites for hydroxylation is 2. The summed E-state index contributed by atoms with van der Waals surface area (Å²) in [7, 11) is 0. The normalized spacial score (nSPS) is 9.95. The largest absolute Gasteiger partial charge is 0.466 e. The number of furan rings is 1. The molecule has 0 radical (unpaired) electrons. The van der Waals surface area contributed by atoms with E-state index in [-0.39, 0.29) is 6.61 Å². The zero-order valence-electron chi connectivity index (χ0n) is 10.8. The third kappa shape index (κ3) is 2.83. The number of nitrogens with zero attached hydrogens (tertiary/aromatic N) is 1. The van der Waals surface area contributed by atoms with Crippen LogP contribution in [-0.4, -0.2) is 5.97 Å². The molecule has 0 amide bonds. The number of hydrogen-bond acceptors (Lipinski definition) is 4. The van der Waals surface area contributed by atoms with Gasteiger partial charge >= 0.3 is 5.97 Å². The number of ether oxygens (including phenoxy) is 1. The predicted molar refractivity (Wildman–Crippen MR) is 68.5 cm³/mol. The number of carbonyl (C=O) groups is 1. The molecule has 0 bridgehead atoms. The Hall–Kier alpha value is -2.54. The second kappa shape index (κ2) is 5.40. The van der Waals surface area contributed by atoms with Crippen molar-refractivity contribution in [2.75, 3.05) is 0 Å². The molecule has 0 aliphatic rings. The average Bonchev–Trinajstić information content (AvgIpc) is 2.75. The molecule has 1 heterocycles. The maximum absolute atomic E-state index is 11.9. The van der Waals surface area contributed by atoms with E-state index >= 15 is 0 Å². The number of esters is 1. The minimum Gasteiger partial charge on any atom is -0.466 e. The van der Waals surface area contributed by atoms with Crippen LogP contribution >= 0.6 is 0 Å². The molecule has 19 heavy (non-hydrogen) atoms. The number of benzene rings is 1. The van der Waals surface area contributed by atoms with Gasteiger partial charge in [-0.2, -0.15) is 5.26 Å². The van der Waals surface area contributed by atoms with Crippen LogP contribution in [0.1, 0.15) is 33.0 Å². The van der Waals surface area contributed by atoms with Gasteiger partial charge in [0, 0.05) is 5.56 Å². The smallest absolute Gasteiger partial charge is 0.342 e. The number of hydrogen-bond donors (Lipinski definition) is 0. The van der Waals surface area contributed by atoms with Crippen molar-refractivity contribution in [3.05, 3.63) is 58.5 Å². The Morgan fingerprint density at radius 3 is 2.74 bits per heavy atom. The third-order valence-electron chi connectivity index (χ3n) is 2.76. The molecule has 0 saturated heterocycles. The van der Waals surface area contributed by atoms with Gasteiger partial charge in [-0.3, -0.25) is 0 Å². The van der Waals surface area contributed by atoms with Crippen molar-refractivity contribution in [3.63, 3.8) is 0 Å². The van der Waals surface area contributed by atoms with Crippen molar-refractivity contribution in [1.82, 2.24) is 0 Å². The summed E-state index contributed by atoms with van der Waals surface area (Å²) >= 11 is 0. The van der Waals surface area contributed by atoms with Gasteiger partial charge in [0.15, 0.2) is 0 Å². The van der Waals surface area contributed by atoms with Gasteiger partial charge in [0.1, 0.15) is 23.7 Å². The Morgan fingerprint density at radius 1 is 1.37 bits per heavy atom. The van der Waals surface area contributed by atoms with E-state index < -0.39 is 5.97 Å². The first-order chi connectivity index (χ1) is 9.11. The summed E-state index contributed by atoms with van der Waals surface area (Å²) < 4.78 is 10.5. The highest BCUT2D eigenvalue weighted by atomic mass is 16.5. The molecule has 96 valence electrons. The van der Waals surface area contributed by atoms with Crippen LogP contribution < -0.4 is 0 Å². The second-order valence-corrected chi connectivity index (χ2v) is 4.17. The van der Waals surface area contributed by atoms with Crippen LogP contribution in [0.3, 0.4) is 0 Å². The fourth-order valence-corrected chi connectivity index (χ4v) is 1.81. The fraction of sp³-hybridized carbons (Fsp3) is 0.200. The third-order valence-corrected chi connectivity index (χ3v) is 2.76. The molecule has 1 aromatic carbocycles. The van der Waals surface area contributed by atoms with Gasteiger partial charge in [-0.1, -0.05) is 18.2 Å². The number of nitriles is 1. The average molecular weight is 255 g/mol. The molecular weight excluding hydrogens is 242 g/mol. The summed E-state index contributed by atoms with van der Waals surface area (Å²) in [5.41, 5.74) is 1.62. The molecule has 1 aromatic heterocycles. The molecule has 0 saturated carbocycles. The van der Waals surface area contributed by atoms with Gasteiger partial charge < -0.3 is 9.15 Å². The van der Waals surface area contributed by atoms with E-state index in [1.165, 1.54) is 0 Å². The van der Waals surface area contributed by atoms with Gasteiger partial charge in [-0.25, -0.2) is 4.79 Å². The van der Waals surface area contributed by atoms with Crippen LogP contribution in [0.25, 0.3) is 0 Å². The molecule has 2 aromatic rings. The fourth-order valence-electron chi connectivity index (χ4n) is 1.81. The molecule has 0 aliphatic heterocycles. The Balaban J connectivity index is 2.09. The highest BCUT2D eigenvalue weighted by Crippen LogP contribution is 2.16. The van der Waals surface area contributed by atoms with Gasteiger partial charge in [-0.15, -0.1) is 0 Å². The molecule has 0 unspecified atom stereocenters. The Morgan fingerprint density at radius 2 is 2.11 bits per heavy atom. The Kier molecular flexibility index (Phi) is 3.67. The van der Waals surface area contributed by atoms with Crippen LogP contribution in [0.4, 0.5) is 0 Å². The zero-order chi connectivity index (χ0) is 13.8. The lowest BCUT2D eigenvalue weighted by Crippen LogP contribution is -2.06. The summed E-state index contributed by atoms with van der Waals surface area (Å²) in [6, 6.07) is 10.7. The van der Waals surface area contributed by atoms with Crippen molar-refractivity contribution in [3.8, 4) is 6.07 Å². The Bertz CT molecular complexity index is 650. The van der Waals surface area contributed by atoms with Crippen LogP contribution in [-0.2, 0) is 11.3 Å². The quantitative estimate of drug-likeness (QED) is 0.790. The number of rotatable bonds is 3. The van der Waals surface area contributed by atoms with E-state index in [2.05, 4.69) is 6.07 Å². The molecule has 0 fully saturated rings. The SMILES string of the molecule is Cc1cc(C(=O)OCc2ccccc2C#N)c(C)o1. The topological polar surface area (TPSA) is 63.2 Å². The molecule has 4 heteroatoms. The van der Waals surface area contributed by atoms with Crippen molar-refractivity contribution in [2.24, 2.45) is 0 Å². The standard InChI is InChI=1S/C15H13NO3/c1-10-7-14(11(2)19-10)15(17)18-9-13-6-4-3-5-12(13)8-16/h3-7H,9H2,1-2H3. The van der Waals surface area contributed by atoms with E-state index in [0.717, 1.165) is 0 Å². The van der Waals surface area contributed by atoms with E-state index in [1.54, 1.807) is 44.2 Å². The van der Waals surface area contributed by atoms with Crippen LogP contribution in [0.2, 0.25) is 0 Å². The summed E-state index contributed by atoms with van der Waals surface area (Å²) in [4.78, 5) is 11.9. The highest BCUT2D eigenvalue weighted by molar-refractivity contribution is 5.90. The van der Waals surface area contributed by atoms with E-state index in [1.807, 2.05) is 0 Å². The zero-order valence-corrected chi connectivity index (χ0v) is 10.8. The van der Waals surface area contributed by atoms with Crippen LogP contribution in [0.15, 0.2) is 34.7 Å². The molecule has 0 aliphatic carbocycles. The summed E-state index contributed by atoms with van der Waals surface area (Å²) in [5.74, 6) is 0.764. The maximum atomic E-state index is 11.9. The van der Waals surface area contributed by atoms with Crippen molar-refractivity contribution in [2.45, 2.75) is 20.5 Å². The Labute approximate surface area is 111 Å². The summed E-state index contributed by atoms with van der Waals surface area (Å²) in [6.45, 7) is 3.56. The van der Waals surface area contributed by atoms with Crippen LogP contribution in [0, 0.1) is 25.2 Å². The van der Waals surface area contributed by atoms with Crippen molar-refractivity contribution >= 4 is 5.97 Å². The molecule has 4 nitrogen and oxygen atoms in total. The number of carbonyl (C=O) groups excluding carboxylic acids is 1. The summed E-state index contributed by atoms with van der Waals surface area (Å²) in [6.07, 6.45) is 0. The lowest BCUT2D eigenvalue weighted by molar-refractivity contribution is 0.0470. The first kappa shape index (κ1) is 12.9. The highest BCUT2D eigenvalue weighted by Gasteiger charge is 2.15. The molecule has 0 spiro atoms. The lowest BCUT2D eigenvalue weighted by atomic mass is 10.1.